The van der Waals surface area contributed by atoms with E-state index in [2.05, 4.69) is 19.6 Å². The molecule has 3 aromatic heterocycles. The average Bonchev–Trinajstić information content (AvgIpc) is 3.53. The van der Waals surface area contributed by atoms with E-state index in [9.17, 15) is 22.8 Å². The number of hydrogen-bond donors (Lipinski definition) is 0. The second kappa shape index (κ2) is 10.1. The molecular formula is C27H29F3N6O4. The fourth-order valence-electron chi connectivity index (χ4n) is 4.91. The molecule has 0 N–H and O–H groups in total. The second-order valence-electron chi connectivity index (χ2n) is 10.7. The summed E-state index contributed by atoms with van der Waals surface area (Å²) in [4.78, 5) is 37.2. The van der Waals surface area contributed by atoms with E-state index < -0.39 is 17.9 Å². The Balaban J connectivity index is 1.38. The van der Waals surface area contributed by atoms with E-state index in [1.807, 2.05) is 0 Å². The lowest BCUT2D eigenvalue weighted by molar-refractivity contribution is -0.274. The number of imidazole rings is 2. The first-order chi connectivity index (χ1) is 18.8. The number of carbonyl (C=O) groups is 1. The first-order valence-electron chi connectivity index (χ1n) is 12.7. The topological polar surface area (TPSA) is 96.4 Å². The average molecular weight is 559 g/mol. The Morgan fingerprint density at radius 2 is 1.82 bits per heavy atom. The number of hydrogen-bond acceptors (Lipinski definition) is 7. The number of nitrogens with zero attached hydrogens (tertiary/aromatic N) is 6. The lowest BCUT2D eigenvalue weighted by Gasteiger charge is -2.20. The zero-order valence-electron chi connectivity index (χ0n) is 22.5. The smallest absolute Gasteiger partial charge is 0.455 e. The standard InChI is InChI=1S/C27H29F3N6O4/c1-26(2,3)40-24(37)21-14-32-22(33(21)4)16-34-13-11-18(15-34)36-23-20(6-5-12-31-23)35(25(36)38)17-7-9-19(10-8-17)39-27(28,29)30/h5-10,12,14,18H,11,13,15-16H2,1-4H3. The van der Waals surface area contributed by atoms with Crippen LogP contribution in [-0.4, -0.2) is 59.6 Å². The summed E-state index contributed by atoms with van der Waals surface area (Å²) in [5, 5.41) is 0. The minimum absolute atomic E-state index is 0.190. The van der Waals surface area contributed by atoms with Crippen LogP contribution in [0.1, 0.15) is 49.5 Å². The fraction of sp³-hybridized carbons (Fsp3) is 0.407. The molecule has 1 aliphatic heterocycles. The minimum atomic E-state index is -4.81. The first kappa shape index (κ1) is 27.4. The van der Waals surface area contributed by atoms with Crippen molar-refractivity contribution in [2.24, 2.45) is 7.05 Å². The van der Waals surface area contributed by atoms with Gasteiger partial charge in [-0.3, -0.25) is 14.0 Å². The molecule has 1 atom stereocenters. The van der Waals surface area contributed by atoms with Crippen molar-refractivity contribution < 1.29 is 27.4 Å². The Hall–Kier alpha value is -4.13. The van der Waals surface area contributed by atoms with Crippen molar-refractivity contribution in [3.05, 3.63) is 70.8 Å². The SMILES string of the molecule is Cn1c(C(=O)OC(C)(C)C)cnc1CN1CCC(n2c(=O)n(-c3ccc(OC(F)(F)F)cc3)c3cccnc32)C1. The van der Waals surface area contributed by atoms with E-state index in [0.29, 0.717) is 54.4 Å². The van der Waals surface area contributed by atoms with Crippen LogP contribution in [0.4, 0.5) is 13.2 Å². The van der Waals surface area contributed by atoms with Crippen LogP contribution >= 0.6 is 0 Å². The number of esters is 1. The molecule has 5 rings (SSSR count). The number of aromatic nitrogens is 5. The van der Waals surface area contributed by atoms with Gasteiger partial charge >= 0.3 is 18.0 Å². The fourth-order valence-corrected chi connectivity index (χ4v) is 4.91. The Bertz CT molecular complexity index is 1600. The van der Waals surface area contributed by atoms with E-state index in [4.69, 9.17) is 4.74 Å². The number of ether oxygens (including phenoxy) is 2. The van der Waals surface area contributed by atoms with Crippen molar-refractivity contribution in [3.63, 3.8) is 0 Å². The molecule has 10 nitrogen and oxygen atoms in total. The highest BCUT2D eigenvalue weighted by Gasteiger charge is 2.32. The van der Waals surface area contributed by atoms with Crippen molar-refractivity contribution in [1.29, 1.82) is 0 Å². The lowest BCUT2D eigenvalue weighted by Crippen LogP contribution is -2.29. The summed E-state index contributed by atoms with van der Waals surface area (Å²) in [5.41, 5.74) is 0.822. The van der Waals surface area contributed by atoms with Crippen molar-refractivity contribution >= 4 is 17.1 Å². The summed E-state index contributed by atoms with van der Waals surface area (Å²) in [6.07, 6.45) is -1.03. The molecule has 0 aliphatic carbocycles. The van der Waals surface area contributed by atoms with Crippen LogP contribution < -0.4 is 10.4 Å². The molecule has 40 heavy (non-hydrogen) atoms. The summed E-state index contributed by atoms with van der Waals surface area (Å²) < 4.78 is 52.0. The van der Waals surface area contributed by atoms with Crippen LogP contribution in [0.25, 0.3) is 16.9 Å². The third-order valence-electron chi connectivity index (χ3n) is 6.63. The Morgan fingerprint density at radius 1 is 1.10 bits per heavy atom. The second-order valence-corrected chi connectivity index (χ2v) is 10.7. The maximum atomic E-state index is 13.7. The molecule has 1 fully saturated rings. The maximum absolute atomic E-state index is 13.7. The molecule has 0 radical (unpaired) electrons. The molecule has 1 unspecified atom stereocenters. The van der Waals surface area contributed by atoms with Gasteiger partial charge in [0, 0.05) is 26.3 Å². The number of halogens is 3. The third-order valence-corrected chi connectivity index (χ3v) is 6.63. The quantitative estimate of drug-likeness (QED) is 0.327. The van der Waals surface area contributed by atoms with Gasteiger partial charge in [-0.15, -0.1) is 13.2 Å². The van der Waals surface area contributed by atoms with Crippen molar-refractivity contribution in [1.82, 2.24) is 28.6 Å². The predicted molar refractivity (Wildman–Crippen MR) is 139 cm³/mol. The summed E-state index contributed by atoms with van der Waals surface area (Å²) >= 11 is 0. The predicted octanol–water partition coefficient (Wildman–Crippen LogP) is 4.22. The van der Waals surface area contributed by atoms with Gasteiger partial charge in [0.2, 0.25) is 0 Å². The molecule has 0 bridgehead atoms. The van der Waals surface area contributed by atoms with Crippen LogP contribution in [-0.2, 0) is 18.3 Å². The van der Waals surface area contributed by atoms with Gasteiger partial charge in [-0.2, -0.15) is 0 Å². The minimum Gasteiger partial charge on any atom is -0.455 e. The van der Waals surface area contributed by atoms with Gasteiger partial charge < -0.3 is 14.0 Å². The summed E-state index contributed by atoms with van der Waals surface area (Å²) in [6, 6.07) is 8.42. The van der Waals surface area contributed by atoms with Crippen molar-refractivity contribution in [3.8, 4) is 11.4 Å². The molecule has 4 heterocycles. The Morgan fingerprint density at radius 3 is 2.50 bits per heavy atom. The van der Waals surface area contributed by atoms with Crippen LogP contribution in [0.5, 0.6) is 5.75 Å². The van der Waals surface area contributed by atoms with Gasteiger partial charge in [-0.25, -0.2) is 19.6 Å². The van der Waals surface area contributed by atoms with Crippen LogP contribution in [0.3, 0.4) is 0 Å². The molecular weight excluding hydrogens is 529 g/mol. The Kier molecular flexibility index (Phi) is 6.94. The van der Waals surface area contributed by atoms with Crippen molar-refractivity contribution in [2.45, 2.75) is 51.7 Å². The number of fused-ring (bicyclic) bond motifs is 1. The van der Waals surface area contributed by atoms with Gasteiger partial charge in [0.25, 0.3) is 0 Å². The van der Waals surface area contributed by atoms with Gasteiger partial charge in [-0.1, -0.05) is 0 Å². The number of alkyl halides is 3. The summed E-state index contributed by atoms with van der Waals surface area (Å²) in [5.74, 6) is -0.131. The van der Waals surface area contributed by atoms with Crippen LogP contribution in [0.15, 0.2) is 53.6 Å². The summed E-state index contributed by atoms with van der Waals surface area (Å²) in [6.45, 7) is 7.11. The highest BCUT2D eigenvalue weighted by atomic mass is 19.4. The molecule has 13 heteroatoms. The highest BCUT2D eigenvalue weighted by molar-refractivity contribution is 5.87. The zero-order chi connectivity index (χ0) is 28.8. The van der Waals surface area contributed by atoms with Crippen LogP contribution in [0, 0.1) is 0 Å². The number of likely N-dealkylation sites (tertiary alicyclic amines) is 1. The molecule has 0 spiro atoms. The van der Waals surface area contributed by atoms with E-state index in [-0.39, 0.29) is 17.5 Å². The van der Waals surface area contributed by atoms with Crippen molar-refractivity contribution in [2.75, 3.05) is 13.1 Å². The molecule has 1 aromatic carbocycles. The molecule has 0 saturated carbocycles. The Labute approximate surface area is 227 Å². The van der Waals surface area contributed by atoms with E-state index >= 15 is 0 Å². The highest BCUT2D eigenvalue weighted by Crippen LogP contribution is 2.28. The monoisotopic (exact) mass is 558 g/mol. The van der Waals surface area contributed by atoms with Gasteiger partial charge in [0.1, 0.15) is 22.9 Å². The number of carbonyl (C=O) groups excluding carboxylic acids is 1. The summed E-state index contributed by atoms with van der Waals surface area (Å²) in [7, 11) is 1.77. The van der Waals surface area contributed by atoms with Crippen LogP contribution in [0.2, 0.25) is 0 Å². The van der Waals surface area contributed by atoms with Gasteiger partial charge in [0.15, 0.2) is 5.65 Å². The zero-order valence-corrected chi connectivity index (χ0v) is 22.5. The number of benzene rings is 1. The van der Waals surface area contributed by atoms with Gasteiger partial charge in [-0.05, 0) is 63.6 Å². The van der Waals surface area contributed by atoms with E-state index in [0.717, 1.165) is 0 Å². The molecule has 212 valence electrons. The maximum Gasteiger partial charge on any atom is 0.573 e. The van der Waals surface area contributed by atoms with E-state index in [1.165, 1.54) is 35.0 Å². The molecule has 4 aromatic rings. The molecule has 1 saturated heterocycles. The van der Waals surface area contributed by atoms with Gasteiger partial charge in [0.05, 0.1) is 30.0 Å². The largest absolute Gasteiger partial charge is 0.573 e. The molecule has 1 aliphatic rings. The first-order valence-corrected chi connectivity index (χ1v) is 12.7. The third kappa shape index (κ3) is 5.60. The number of pyridine rings is 1. The normalized spacial score (nSPS) is 16.5. The molecule has 0 amide bonds. The number of rotatable bonds is 6. The lowest BCUT2D eigenvalue weighted by atomic mass is 10.2. The van der Waals surface area contributed by atoms with E-state index in [1.54, 1.807) is 55.3 Å².